The molecule has 7 heteroatoms. The van der Waals surface area contributed by atoms with Crippen molar-refractivity contribution in [2.75, 3.05) is 0 Å². The van der Waals surface area contributed by atoms with Crippen molar-refractivity contribution in [2.24, 2.45) is 20.0 Å². The first-order valence-electron chi connectivity index (χ1n) is 9.37. The summed E-state index contributed by atoms with van der Waals surface area (Å²) in [6.45, 7) is 16.4. The Hall–Kier alpha value is -0.759. The minimum Gasteiger partial charge on any atom is -0.326 e. The second-order valence-corrected chi connectivity index (χ2v) is 7.35. The van der Waals surface area contributed by atoms with Gasteiger partial charge in [-0.25, -0.2) is 0 Å². The predicted octanol–water partition coefficient (Wildman–Crippen LogP) is 3.14. The van der Waals surface area contributed by atoms with Crippen LogP contribution in [-0.2, 0) is 0 Å². The van der Waals surface area contributed by atoms with E-state index in [4.69, 9.17) is 0 Å². The number of amidine groups is 4. The van der Waals surface area contributed by atoms with Gasteiger partial charge in [-0.2, -0.15) is 0 Å². The van der Waals surface area contributed by atoms with E-state index in [1.54, 1.807) is 0 Å². The number of rotatable bonds is 4. The van der Waals surface area contributed by atoms with Crippen molar-refractivity contribution in [1.29, 1.82) is 0 Å². The molecule has 0 aliphatic carbocycles. The maximum Gasteiger partial charge on any atom is 0.126 e. The number of hydrogen-bond acceptors (Lipinski definition) is 4. The first kappa shape index (κ1) is 26.2. The minimum atomic E-state index is 0. The number of hydrogen-bond donors (Lipinski definition) is 2. The molecule has 0 saturated heterocycles. The van der Waals surface area contributed by atoms with Crippen molar-refractivity contribution in [3.8, 4) is 0 Å². The fourth-order valence-corrected chi connectivity index (χ4v) is 2.16. The van der Waals surface area contributed by atoms with Crippen molar-refractivity contribution in [2.45, 2.75) is 79.6 Å². The molecule has 2 radical (unpaired) electrons. The van der Waals surface area contributed by atoms with E-state index in [1.807, 2.05) is 24.3 Å². The van der Waals surface area contributed by atoms with Crippen LogP contribution in [-0.4, -0.2) is 93.0 Å². The number of nitrogens with one attached hydrogen (secondary N) is 2. The van der Waals surface area contributed by atoms with Gasteiger partial charge in [0.1, 0.15) is 23.3 Å². The summed E-state index contributed by atoms with van der Waals surface area (Å²) in [7, 11) is 0. The van der Waals surface area contributed by atoms with Crippen LogP contribution in [0.25, 0.3) is 0 Å². The number of aliphatic imine (C=N–C) groups is 4. The zero-order valence-corrected chi connectivity index (χ0v) is 21.6. The largest absolute Gasteiger partial charge is 0.326 e. The average molecular weight is 446 g/mol. The fourth-order valence-electron chi connectivity index (χ4n) is 2.16. The molecule has 2 N–H and O–H groups in total. The van der Waals surface area contributed by atoms with Crippen molar-refractivity contribution < 1.29 is 0 Å². The van der Waals surface area contributed by atoms with E-state index < -0.39 is 0 Å². The van der Waals surface area contributed by atoms with Crippen LogP contribution in [0.3, 0.4) is 0 Å². The van der Waals surface area contributed by atoms with Crippen LogP contribution < -0.4 is 10.6 Å². The topological polar surface area (TPSA) is 73.5 Å². The summed E-state index contributed by atoms with van der Waals surface area (Å²) in [6.07, 6.45) is 7.84. The van der Waals surface area contributed by atoms with Gasteiger partial charge < -0.3 is 10.6 Å². The van der Waals surface area contributed by atoms with Crippen molar-refractivity contribution in [3.63, 3.8) is 0 Å². The van der Waals surface area contributed by atoms with E-state index in [9.17, 15) is 0 Å². The summed E-state index contributed by atoms with van der Waals surface area (Å²) >= 11 is 0. The van der Waals surface area contributed by atoms with Gasteiger partial charge >= 0.3 is 0 Å². The second kappa shape index (κ2) is 13.4. The van der Waals surface area contributed by atoms with Gasteiger partial charge in [-0.05, 0) is 79.7 Å². The predicted molar refractivity (Wildman–Crippen MR) is 121 cm³/mol. The Bertz CT molecular complexity index is 529. The van der Waals surface area contributed by atoms with E-state index in [1.165, 1.54) is 0 Å². The molecule has 2 heterocycles. The van der Waals surface area contributed by atoms with Gasteiger partial charge in [0.05, 0.1) is 0 Å². The van der Waals surface area contributed by atoms with E-state index in [2.05, 4.69) is 86.0 Å². The number of nitrogens with zero attached hydrogens (tertiary/aromatic N) is 4. The molecule has 0 atom stereocenters. The van der Waals surface area contributed by atoms with E-state index in [0.717, 1.165) is 23.3 Å². The Labute approximate surface area is 201 Å². The van der Waals surface area contributed by atoms with Gasteiger partial charge in [-0.3, -0.25) is 20.0 Å². The summed E-state index contributed by atoms with van der Waals surface area (Å²) in [6, 6.07) is 1.30. The first-order chi connectivity index (χ1) is 12.2. The Kier molecular flexibility index (Phi) is 13.0. The molecule has 0 fully saturated rings. The van der Waals surface area contributed by atoms with E-state index in [-0.39, 0.29) is 45.5 Å². The molecule has 0 spiro atoms. The Morgan fingerprint density at radius 1 is 0.481 bits per heavy atom. The molecule has 2 rings (SSSR count). The third kappa shape index (κ3) is 12.3. The molecule has 0 bridgehead atoms. The maximum atomic E-state index is 4.37. The summed E-state index contributed by atoms with van der Waals surface area (Å²) in [4.78, 5) is 17.5. The van der Waals surface area contributed by atoms with Gasteiger partial charge in [0.2, 0.25) is 0 Å². The molecule has 6 nitrogen and oxygen atoms in total. The van der Waals surface area contributed by atoms with Gasteiger partial charge in [0, 0.05) is 69.6 Å². The minimum absolute atomic E-state index is 0. The monoisotopic (exact) mass is 446 g/mol. The summed E-state index contributed by atoms with van der Waals surface area (Å²) < 4.78 is 0. The zero-order valence-electron chi connectivity index (χ0n) is 18.1. The van der Waals surface area contributed by atoms with Crippen LogP contribution in [0.1, 0.15) is 55.4 Å². The summed E-state index contributed by atoms with van der Waals surface area (Å²) in [5, 5.41) is 6.28. The molecule has 0 aromatic rings. The van der Waals surface area contributed by atoms with Crippen molar-refractivity contribution in [1.82, 2.24) is 10.6 Å². The van der Waals surface area contributed by atoms with Gasteiger partial charge in [0.25, 0.3) is 0 Å². The average Bonchev–Trinajstić information content (AvgIpc) is 3.07. The molecular weight excluding hydrogens is 412 g/mol. The van der Waals surface area contributed by atoms with Gasteiger partial charge in [-0.15, -0.1) is 0 Å². The Morgan fingerprint density at radius 3 is 0.815 bits per heavy atom. The van der Waals surface area contributed by atoms with Crippen LogP contribution in [0.5, 0.6) is 0 Å². The van der Waals surface area contributed by atoms with E-state index >= 15 is 0 Å². The van der Waals surface area contributed by atoms with Crippen LogP contribution in [0.2, 0.25) is 0 Å². The van der Waals surface area contributed by atoms with E-state index in [0.29, 0.717) is 24.2 Å². The van der Waals surface area contributed by atoms with Gasteiger partial charge in [0.15, 0.2) is 0 Å². The quantitative estimate of drug-likeness (QED) is 0.652. The first-order valence-corrected chi connectivity index (χ1v) is 9.37. The third-order valence-electron chi connectivity index (χ3n) is 2.90. The summed E-state index contributed by atoms with van der Waals surface area (Å²) in [5.41, 5.74) is 0. The fraction of sp³-hybridized carbons (Fsp3) is 0.600. The maximum absolute atomic E-state index is 4.37. The molecule has 2 aliphatic rings. The summed E-state index contributed by atoms with van der Waals surface area (Å²) in [5.74, 6) is 3.65. The normalized spacial score (nSPS) is 21.5. The zero-order chi connectivity index (χ0) is 19.7. The Balaban J connectivity index is 0.000000483. The molecule has 0 amide bonds. The molecule has 0 unspecified atom stereocenters. The molecule has 0 saturated carbocycles. The molecule has 0 aromatic carbocycles. The SMILES string of the molecule is CC(C)N=C1C=CC(=NC(C)C)N1.CC(C)N=C1C=CC(=NC(C)C)N1.[Sr]. The molecular formula is C20H34N6Sr. The van der Waals surface area contributed by atoms with Crippen molar-refractivity contribution in [3.05, 3.63) is 24.3 Å². The smallest absolute Gasteiger partial charge is 0.126 e. The standard InChI is InChI=1S/2C10H17N3.Sr/c2*1-7(2)11-9-5-6-10(13-9)12-8(3)4;/h2*5-8H,1-4H3,(H,11,12,13);. The van der Waals surface area contributed by atoms with Gasteiger partial charge in [-0.1, -0.05) is 0 Å². The van der Waals surface area contributed by atoms with Crippen LogP contribution in [0.4, 0.5) is 0 Å². The van der Waals surface area contributed by atoms with Crippen LogP contribution in [0.15, 0.2) is 44.3 Å². The second-order valence-electron chi connectivity index (χ2n) is 7.35. The molecule has 0 aromatic heterocycles. The molecule has 2 aliphatic heterocycles. The van der Waals surface area contributed by atoms with Crippen LogP contribution in [0, 0.1) is 0 Å². The third-order valence-corrected chi connectivity index (χ3v) is 2.90. The van der Waals surface area contributed by atoms with Crippen LogP contribution >= 0.6 is 0 Å². The Morgan fingerprint density at radius 2 is 0.667 bits per heavy atom. The van der Waals surface area contributed by atoms with Crippen molar-refractivity contribution >= 4 is 68.8 Å². The molecule has 27 heavy (non-hydrogen) atoms. The molecule has 146 valence electrons.